The maximum atomic E-state index is 9.63. The van der Waals surface area contributed by atoms with Gasteiger partial charge in [0.25, 0.3) is 0 Å². The van der Waals surface area contributed by atoms with Crippen molar-refractivity contribution in [1.29, 1.82) is 0 Å². The van der Waals surface area contributed by atoms with Gasteiger partial charge in [-0.3, -0.25) is 0 Å². The molecule has 0 saturated heterocycles. The summed E-state index contributed by atoms with van der Waals surface area (Å²) in [5, 5.41) is 35.7. The largest absolute Gasteiger partial charge is 1.00 e. The van der Waals surface area contributed by atoms with Crippen LogP contribution in [0.4, 0.5) is 0 Å². The maximum absolute atomic E-state index is 9.63. The summed E-state index contributed by atoms with van der Waals surface area (Å²) in [7, 11) is 0. The van der Waals surface area contributed by atoms with Crippen LogP contribution in [0.15, 0.2) is 0 Å². The third kappa shape index (κ3) is 6.03. The van der Waals surface area contributed by atoms with E-state index in [1.54, 1.807) is 0 Å². The molecule has 4 N–H and O–H groups in total. The number of hydrogen-bond acceptors (Lipinski definition) is 6. The predicted octanol–water partition coefficient (Wildman–Crippen LogP) is -8.61. The molecule has 0 radical (unpaired) electrons. The number of carbonyl (C=O) groups excluding carboxylic acids is 2. The van der Waals surface area contributed by atoms with Gasteiger partial charge < -0.3 is 35.5 Å². The Hall–Kier alpha value is 0.456. The molecule has 66 valence electrons. The van der Waals surface area contributed by atoms with Crippen molar-refractivity contribution < 1.29 is 86.9 Å². The second kappa shape index (κ2) is 8.07. The number of aliphatic hydroxyl groups is 2. The molecule has 0 spiro atoms. The summed E-state index contributed by atoms with van der Waals surface area (Å²) >= 11 is 0. The minimum atomic E-state index is -2.44. The molecule has 0 aromatic carbocycles. The zero-order chi connectivity index (χ0) is 8.31. The molecule has 0 fully saturated rings. The standard InChI is InChI=1S/C4H6O6.K.H2O/c5-1(3(7)8)2(6)4(9)10;;/h1-2,5-6H,(H,7,8)(H,9,10);;1H2/q;+1;/p-2/t1-,2-;;/m0../s1. The van der Waals surface area contributed by atoms with E-state index in [1.807, 2.05) is 0 Å². The van der Waals surface area contributed by atoms with Crippen molar-refractivity contribution in [1.82, 2.24) is 0 Å². The molecular weight excluding hydrogens is 199 g/mol. The molecule has 7 nitrogen and oxygen atoms in total. The van der Waals surface area contributed by atoms with Crippen LogP contribution in [-0.2, 0) is 9.59 Å². The van der Waals surface area contributed by atoms with Gasteiger partial charge in [-0.25, -0.2) is 0 Å². The summed E-state index contributed by atoms with van der Waals surface area (Å²) < 4.78 is 0. The molecule has 0 aromatic rings. The fourth-order valence-electron chi connectivity index (χ4n) is 0.258. The van der Waals surface area contributed by atoms with Gasteiger partial charge in [0, 0.05) is 0 Å². The number of rotatable bonds is 3. The molecular formula is C4H6KO7-. The van der Waals surface area contributed by atoms with E-state index >= 15 is 0 Å². The first kappa shape index (κ1) is 18.3. The minimum absolute atomic E-state index is 0. The zero-order valence-corrected chi connectivity index (χ0v) is 9.31. The first-order valence-corrected chi connectivity index (χ1v) is 2.24. The van der Waals surface area contributed by atoms with Crippen molar-refractivity contribution in [3.8, 4) is 0 Å². The normalized spacial score (nSPS) is 13.2. The van der Waals surface area contributed by atoms with Crippen LogP contribution in [0.3, 0.4) is 0 Å². The predicted molar refractivity (Wildman–Crippen MR) is 25.6 cm³/mol. The second-order valence-corrected chi connectivity index (χ2v) is 1.53. The van der Waals surface area contributed by atoms with Gasteiger partial charge >= 0.3 is 51.4 Å². The van der Waals surface area contributed by atoms with Crippen LogP contribution < -0.4 is 61.6 Å². The van der Waals surface area contributed by atoms with Gasteiger partial charge in [-0.05, 0) is 0 Å². The second-order valence-electron chi connectivity index (χ2n) is 1.53. The van der Waals surface area contributed by atoms with Crippen molar-refractivity contribution in [3.05, 3.63) is 0 Å². The SMILES string of the molecule is O.O=C([O-])[C@@H](O)[C@H](O)C(=O)[O-].[K+]. The van der Waals surface area contributed by atoms with Gasteiger partial charge in [-0.15, -0.1) is 0 Å². The minimum Gasteiger partial charge on any atom is -0.547 e. The molecule has 0 aromatic heterocycles. The van der Waals surface area contributed by atoms with Crippen molar-refractivity contribution in [3.63, 3.8) is 0 Å². The molecule has 12 heavy (non-hydrogen) atoms. The first-order valence-electron chi connectivity index (χ1n) is 2.24. The van der Waals surface area contributed by atoms with Crippen LogP contribution in [0, 0.1) is 0 Å². The van der Waals surface area contributed by atoms with Crippen LogP contribution >= 0.6 is 0 Å². The number of aliphatic hydroxyl groups excluding tert-OH is 2. The fraction of sp³-hybridized carbons (Fsp3) is 0.500. The molecule has 0 unspecified atom stereocenters. The maximum Gasteiger partial charge on any atom is 1.00 e. The number of aliphatic carboxylic acids is 2. The molecule has 0 heterocycles. The third-order valence-corrected chi connectivity index (χ3v) is 0.782. The van der Waals surface area contributed by atoms with E-state index in [0.29, 0.717) is 0 Å². The molecule has 0 aliphatic rings. The summed E-state index contributed by atoms with van der Waals surface area (Å²) in [5.74, 6) is -4.12. The molecule has 0 aliphatic carbocycles. The number of carbonyl (C=O) groups is 2. The number of hydrogen-bond donors (Lipinski definition) is 2. The molecule has 2 atom stereocenters. The van der Waals surface area contributed by atoms with Crippen LogP contribution in [0.1, 0.15) is 0 Å². The first-order chi connectivity index (χ1) is 4.46. The summed E-state index contributed by atoms with van der Waals surface area (Å²) in [5.41, 5.74) is 0. The number of carboxylic acids is 2. The van der Waals surface area contributed by atoms with E-state index in [9.17, 15) is 19.8 Å². The van der Waals surface area contributed by atoms with Gasteiger partial charge in [-0.1, -0.05) is 0 Å². The zero-order valence-electron chi connectivity index (χ0n) is 6.18. The Morgan fingerprint density at radius 2 is 1.17 bits per heavy atom. The molecule has 8 heteroatoms. The Kier molecular flexibility index (Phi) is 12.3. The summed E-state index contributed by atoms with van der Waals surface area (Å²) in [6.45, 7) is 0. The van der Waals surface area contributed by atoms with Crippen molar-refractivity contribution >= 4 is 11.9 Å². The van der Waals surface area contributed by atoms with E-state index in [-0.39, 0.29) is 56.9 Å². The van der Waals surface area contributed by atoms with E-state index in [0.717, 1.165) is 0 Å². The topological polar surface area (TPSA) is 152 Å². The van der Waals surface area contributed by atoms with Gasteiger partial charge in [0.15, 0.2) is 0 Å². The molecule has 0 amide bonds. The Bertz CT molecular complexity index is 139. The Labute approximate surface area is 110 Å². The van der Waals surface area contributed by atoms with E-state index in [4.69, 9.17) is 10.2 Å². The Morgan fingerprint density at radius 3 is 1.25 bits per heavy atom. The average molecular weight is 205 g/mol. The third-order valence-electron chi connectivity index (χ3n) is 0.782. The van der Waals surface area contributed by atoms with E-state index in [1.165, 1.54) is 0 Å². The van der Waals surface area contributed by atoms with Crippen molar-refractivity contribution in [2.75, 3.05) is 0 Å². The van der Waals surface area contributed by atoms with Crippen molar-refractivity contribution in [2.45, 2.75) is 12.2 Å². The molecule has 0 saturated carbocycles. The summed E-state index contributed by atoms with van der Waals surface area (Å²) in [6, 6.07) is 0. The van der Waals surface area contributed by atoms with E-state index < -0.39 is 24.1 Å². The van der Waals surface area contributed by atoms with E-state index in [2.05, 4.69) is 0 Å². The van der Waals surface area contributed by atoms with Crippen LogP contribution in [-0.4, -0.2) is 39.8 Å². The Morgan fingerprint density at radius 1 is 1.00 bits per heavy atom. The Balaban J connectivity index is -0.000000405. The quantitative estimate of drug-likeness (QED) is 0.436. The van der Waals surface area contributed by atoms with Gasteiger partial charge in [0.1, 0.15) is 12.2 Å². The average Bonchev–Trinajstić information content (AvgIpc) is 1.84. The molecule has 0 aliphatic heterocycles. The van der Waals surface area contributed by atoms with Crippen molar-refractivity contribution in [2.24, 2.45) is 0 Å². The van der Waals surface area contributed by atoms with Crippen LogP contribution in [0.2, 0.25) is 0 Å². The molecule has 0 bridgehead atoms. The van der Waals surface area contributed by atoms with Gasteiger partial charge in [0.2, 0.25) is 0 Å². The number of carboxylic acid groups (broad SMARTS) is 2. The van der Waals surface area contributed by atoms with Gasteiger partial charge in [0.05, 0.1) is 11.9 Å². The van der Waals surface area contributed by atoms with Gasteiger partial charge in [-0.2, -0.15) is 0 Å². The summed E-state index contributed by atoms with van der Waals surface area (Å²) in [4.78, 5) is 19.3. The molecule has 0 rings (SSSR count). The fourth-order valence-corrected chi connectivity index (χ4v) is 0.258. The van der Waals surface area contributed by atoms with Crippen LogP contribution in [0.25, 0.3) is 0 Å². The van der Waals surface area contributed by atoms with Crippen LogP contribution in [0.5, 0.6) is 0 Å². The monoisotopic (exact) mass is 205 g/mol. The summed E-state index contributed by atoms with van der Waals surface area (Å²) in [6.07, 6.45) is -4.88. The smallest absolute Gasteiger partial charge is 0.547 e.